The molecule has 2 heterocycles. The molecule has 0 bridgehead atoms. The Bertz CT molecular complexity index is 957. The molecule has 1 saturated heterocycles. The van der Waals surface area contributed by atoms with E-state index in [4.69, 9.17) is 16.3 Å². The van der Waals surface area contributed by atoms with Crippen LogP contribution in [-0.4, -0.2) is 35.0 Å². The van der Waals surface area contributed by atoms with Crippen LogP contribution in [0.15, 0.2) is 42.5 Å². The van der Waals surface area contributed by atoms with Gasteiger partial charge in [0.15, 0.2) is 0 Å². The number of fused-ring (bicyclic) bond motifs is 1. The first-order valence-electron chi connectivity index (χ1n) is 8.32. The number of hydrogen-bond donors (Lipinski definition) is 1. The fourth-order valence-corrected chi connectivity index (χ4v) is 3.39. The number of rotatable bonds is 3. The van der Waals surface area contributed by atoms with Crippen molar-refractivity contribution < 1.29 is 9.53 Å². The summed E-state index contributed by atoms with van der Waals surface area (Å²) in [5.74, 6) is 0.894. The van der Waals surface area contributed by atoms with E-state index in [1.54, 1.807) is 0 Å². The van der Waals surface area contributed by atoms with Crippen molar-refractivity contribution in [2.24, 2.45) is 0 Å². The van der Waals surface area contributed by atoms with E-state index >= 15 is 0 Å². The third-order valence-corrected chi connectivity index (χ3v) is 4.99. The number of halogens is 1. The molecular formula is C20H19ClN2O2. The van der Waals surface area contributed by atoms with Gasteiger partial charge in [-0.05, 0) is 49.2 Å². The topological polar surface area (TPSA) is 45.3 Å². The average Bonchev–Trinajstić information content (AvgIpc) is 2.88. The van der Waals surface area contributed by atoms with Gasteiger partial charge >= 0.3 is 0 Å². The zero-order chi connectivity index (χ0) is 17.6. The monoisotopic (exact) mass is 354 g/mol. The van der Waals surface area contributed by atoms with E-state index in [0.29, 0.717) is 23.8 Å². The van der Waals surface area contributed by atoms with Gasteiger partial charge in [-0.2, -0.15) is 0 Å². The van der Waals surface area contributed by atoms with Gasteiger partial charge in [0, 0.05) is 15.9 Å². The number of H-pyrrole nitrogens is 1. The number of carbonyl (C=O) groups is 1. The minimum absolute atomic E-state index is 0.00876. The maximum atomic E-state index is 12.8. The van der Waals surface area contributed by atoms with Crippen molar-refractivity contribution in [2.45, 2.75) is 20.0 Å². The normalized spacial score (nSPS) is 14.6. The van der Waals surface area contributed by atoms with Crippen molar-refractivity contribution in [3.8, 4) is 5.75 Å². The maximum Gasteiger partial charge on any atom is 0.270 e. The van der Waals surface area contributed by atoms with E-state index in [0.717, 1.165) is 27.8 Å². The van der Waals surface area contributed by atoms with E-state index in [2.05, 4.69) is 4.98 Å². The van der Waals surface area contributed by atoms with Gasteiger partial charge in [-0.15, -0.1) is 0 Å². The number of para-hydroxylation sites is 1. The molecule has 3 aromatic rings. The first kappa shape index (κ1) is 16.0. The van der Waals surface area contributed by atoms with Gasteiger partial charge in [0.25, 0.3) is 5.91 Å². The van der Waals surface area contributed by atoms with Crippen LogP contribution in [0.4, 0.5) is 0 Å². The molecule has 1 aliphatic heterocycles. The molecule has 1 fully saturated rings. The number of nitrogens with one attached hydrogen (secondary N) is 1. The van der Waals surface area contributed by atoms with Gasteiger partial charge in [0.1, 0.15) is 17.5 Å². The molecular weight excluding hydrogens is 336 g/mol. The number of carbonyl (C=O) groups excluding carboxylic acids is 1. The van der Waals surface area contributed by atoms with Gasteiger partial charge in [0.2, 0.25) is 0 Å². The van der Waals surface area contributed by atoms with Gasteiger partial charge in [-0.25, -0.2) is 0 Å². The maximum absolute atomic E-state index is 12.8. The Morgan fingerprint density at radius 1 is 1.20 bits per heavy atom. The van der Waals surface area contributed by atoms with Gasteiger partial charge in [-0.3, -0.25) is 4.79 Å². The van der Waals surface area contributed by atoms with Crippen molar-refractivity contribution in [3.05, 3.63) is 64.3 Å². The van der Waals surface area contributed by atoms with Crippen LogP contribution in [-0.2, 0) is 0 Å². The van der Waals surface area contributed by atoms with Crippen molar-refractivity contribution in [2.75, 3.05) is 13.1 Å². The summed E-state index contributed by atoms with van der Waals surface area (Å²) < 4.78 is 5.98. The molecule has 1 aliphatic rings. The summed E-state index contributed by atoms with van der Waals surface area (Å²) in [6.45, 7) is 5.17. The molecule has 0 unspecified atom stereocenters. The molecule has 0 atom stereocenters. The van der Waals surface area contributed by atoms with Gasteiger partial charge in [-0.1, -0.05) is 29.8 Å². The summed E-state index contributed by atoms with van der Waals surface area (Å²) in [6, 6.07) is 13.6. The lowest BCUT2D eigenvalue weighted by Gasteiger charge is -2.39. The van der Waals surface area contributed by atoms with E-state index in [1.807, 2.05) is 61.2 Å². The first-order valence-corrected chi connectivity index (χ1v) is 8.70. The van der Waals surface area contributed by atoms with Crippen LogP contribution in [0.2, 0.25) is 5.02 Å². The molecule has 128 valence electrons. The third-order valence-electron chi connectivity index (χ3n) is 4.76. The molecule has 4 rings (SSSR count). The molecule has 0 radical (unpaired) electrons. The molecule has 2 aromatic carbocycles. The molecule has 0 aliphatic carbocycles. The Morgan fingerprint density at radius 3 is 2.72 bits per heavy atom. The van der Waals surface area contributed by atoms with Crippen LogP contribution in [0.1, 0.15) is 21.6 Å². The van der Waals surface area contributed by atoms with Crippen LogP contribution in [0.25, 0.3) is 10.9 Å². The van der Waals surface area contributed by atoms with Crippen molar-refractivity contribution >= 4 is 28.4 Å². The van der Waals surface area contributed by atoms with Crippen molar-refractivity contribution in [3.63, 3.8) is 0 Å². The van der Waals surface area contributed by atoms with Crippen molar-refractivity contribution in [1.29, 1.82) is 0 Å². The first-order chi connectivity index (χ1) is 12.0. The minimum atomic E-state index is 0.00876. The molecule has 1 aromatic heterocycles. The van der Waals surface area contributed by atoms with E-state index < -0.39 is 0 Å². The van der Waals surface area contributed by atoms with Crippen LogP contribution < -0.4 is 4.74 Å². The third kappa shape index (κ3) is 2.87. The number of nitrogens with zero attached hydrogens (tertiary/aromatic N) is 1. The second-order valence-electron chi connectivity index (χ2n) is 6.53. The Balaban J connectivity index is 1.47. The lowest BCUT2D eigenvalue weighted by Crippen LogP contribution is -2.56. The highest BCUT2D eigenvalue weighted by molar-refractivity contribution is 6.31. The van der Waals surface area contributed by atoms with Crippen LogP contribution in [0, 0.1) is 13.8 Å². The fraction of sp³-hybridized carbons (Fsp3) is 0.250. The summed E-state index contributed by atoms with van der Waals surface area (Å²) in [6.07, 6.45) is 0.0455. The Kier molecular flexibility index (Phi) is 3.92. The summed E-state index contributed by atoms with van der Waals surface area (Å²) in [5.41, 5.74) is 3.60. The lowest BCUT2D eigenvalue weighted by molar-refractivity contribution is 0.0171. The minimum Gasteiger partial charge on any atom is -0.486 e. The second kappa shape index (κ2) is 6.12. The average molecular weight is 355 g/mol. The Hall–Kier alpha value is -2.46. The second-order valence-corrected chi connectivity index (χ2v) is 6.97. The number of ether oxygens (including phenoxy) is 1. The fourth-order valence-electron chi connectivity index (χ4n) is 3.22. The van der Waals surface area contributed by atoms with E-state index in [1.165, 1.54) is 0 Å². The summed E-state index contributed by atoms with van der Waals surface area (Å²) >= 11 is 6.06. The summed E-state index contributed by atoms with van der Waals surface area (Å²) in [5, 5.41) is 1.66. The van der Waals surface area contributed by atoms with Crippen LogP contribution >= 0.6 is 11.6 Å². The van der Waals surface area contributed by atoms with Crippen molar-refractivity contribution in [1.82, 2.24) is 9.88 Å². The van der Waals surface area contributed by atoms with Gasteiger partial charge < -0.3 is 14.6 Å². The predicted molar refractivity (Wildman–Crippen MR) is 99.5 cm³/mol. The molecule has 0 spiro atoms. The number of hydrogen-bond acceptors (Lipinski definition) is 2. The smallest absolute Gasteiger partial charge is 0.270 e. The molecule has 5 heteroatoms. The zero-order valence-electron chi connectivity index (χ0n) is 14.2. The number of aromatic amines is 1. The molecule has 1 N–H and O–H groups in total. The lowest BCUT2D eigenvalue weighted by atomic mass is 10.1. The van der Waals surface area contributed by atoms with Crippen LogP contribution in [0.5, 0.6) is 5.75 Å². The number of benzene rings is 2. The summed E-state index contributed by atoms with van der Waals surface area (Å²) in [4.78, 5) is 17.8. The quantitative estimate of drug-likeness (QED) is 0.760. The highest BCUT2D eigenvalue weighted by Gasteiger charge is 2.34. The van der Waals surface area contributed by atoms with Crippen LogP contribution in [0.3, 0.4) is 0 Å². The largest absolute Gasteiger partial charge is 0.486 e. The molecule has 25 heavy (non-hydrogen) atoms. The highest BCUT2D eigenvalue weighted by atomic mass is 35.5. The number of aryl methyl sites for hydroxylation is 2. The zero-order valence-corrected chi connectivity index (χ0v) is 14.9. The predicted octanol–water partition coefficient (Wildman–Crippen LogP) is 4.34. The number of likely N-dealkylation sites (tertiary alicyclic amines) is 1. The molecule has 1 amide bonds. The SMILES string of the molecule is Cc1ccccc1OC1CN(C(=O)c2[nH]c3ccc(Cl)cc3c2C)C1. The van der Waals surface area contributed by atoms with E-state index in [9.17, 15) is 4.79 Å². The highest BCUT2D eigenvalue weighted by Crippen LogP contribution is 2.28. The van der Waals surface area contributed by atoms with E-state index in [-0.39, 0.29) is 12.0 Å². The molecule has 0 saturated carbocycles. The molecule has 4 nitrogen and oxygen atoms in total. The standard InChI is InChI=1S/C20H19ClN2O2/c1-12-5-3-4-6-18(12)25-15-10-23(11-15)20(24)19-13(2)16-9-14(21)7-8-17(16)22-19/h3-9,15,22H,10-11H2,1-2H3. The summed E-state index contributed by atoms with van der Waals surface area (Å²) in [7, 11) is 0. The number of aromatic nitrogens is 1. The Labute approximate surface area is 151 Å². The number of amides is 1. The van der Waals surface area contributed by atoms with Gasteiger partial charge in [0.05, 0.1) is 13.1 Å². The Morgan fingerprint density at radius 2 is 1.96 bits per heavy atom.